The number of rotatable bonds is 6. The maximum absolute atomic E-state index is 2.59. The number of nitrogens with zero attached hydrogens (tertiary/aromatic N) is 4. The number of fused-ring (bicyclic) bond motifs is 12. The van der Waals surface area contributed by atoms with E-state index >= 15 is 0 Å². The lowest BCUT2D eigenvalue weighted by Gasteiger charge is -2.39. The van der Waals surface area contributed by atoms with Crippen LogP contribution in [0.4, 0.5) is 11.4 Å². The molecule has 11 aromatic carbocycles. The molecule has 0 saturated heterocycles. The Hall–Kier alpha value is -9.32. The first kappa shape index (κ1) is 39.7. The van der Waals surface area contributed by atoms with E-state index in [0.29, 0.717) is 0 Å². The van der Waals surface area contributed by atoms with E-state index in [2.05, 4.69) is 279 Å². The van der Waals surface area contributed by atoms with Gasteiger partial charge in [-0.15, -0.1) is 0 Å². The molecule has 1 aliphatic rings. The van der Waals surface area contributed by atoms with Crippen molar-refractivity contribution in [1.29, 1.82) is 0 Å². The highest BCUT2D eigenvalue weighted by Crippen LogP contribution is 2.44. The Morgan fingerprint density at radius 1 is 0.254 bits per heavy atom. The molecule has 4 nitrogen and oxygen atoms in total. The Labute approximate surface area is 411 Å². The van der Waals surface area contributed by atoms with Crippen molar-refractivity contribution in [2.75, 3.05) is 4.81 Å². The van der Waals surface area contributed by atoms with Crippen LogP contribution in [-0.2, 0) is 0 Å². The molecule has 0 aliphatic carbocycles. The Morgan fingerprint density at radius 2 is 0.704 bits per heavy atom. The summed E-state index contributed by atoms with van der Waals surface area (Å²) in [5.41, 5.74) is 20.1. The Balaban J connectivity index is 0.999. The van der Waals surface area contributed by atoms with Crippen LogP contribution in [0.25, 0.3) is 105 Å². The number of anilines is 2. The number of hydrogen-bond acceptors (Lipinski definition) is 1. The molecule has 15 rings (SSSR count). The van der Waals surface area contributed by atoms with Crippen molar-refractivity contribution in [3.63, 3.8) is 0 Å². The van der Waals surface area contributed by atoms with E-state index in [4.69, 9.17) is 0 Å². The molecule has 0 bridgehead atoms. The van der Waals surface area contributed by atoms with Gasteiger partial charge in [0.05, 0.1) is 33.1 Å². The summed E-state index contributed by atoms with van der Waals surface area (Å²) in [5.74, 6) is 0. The van der Waals surface area contributed by atoms with Gasteiger partial charge in [0.2, 0.25) is 0 Å². The summed E-state index contributed by atoms with van der Waals surface area (Å²) in [5, 5.41) is 7.44. The first-order valence-corrected chi connectivity index (χ1v) is 24.5. The third-order valence-electron chi connectivity index (χ3n) is 15.0. The van der Waals surface area contributed by atoms with Crippen molar-refractivity contribution in [1.82, 2.24) is 13.7 Å². The lowest BCUT2D eigenvalue weighted by molar-refractivity contribution is 1.16. The minimum absolute atomic E-state index is 0.0822. The highest BCUT2D eigenvalue weighted by Gasteiger charge is 2.37. The standard InChI is InChI=1S/C66H43BN4/c1-2-20-46(21-3-1)67-59-30-11-4-23-51(59)52-24-10-17-36-66(52)71(67)50-41-45(44-19-18-22-47(39-44)68-60-31-12-5-25-53(60)54-26-6-13-32-61(54)68)40-49(42-50)70-64-35-16-9-29-57(64)58-43-48(37-38-65(58)70)69-62-33-14-7-27-55(62)56-28-8-15-34-63(56)69/h1-43H. The lowest BCUT2D eigenvalue weighted by Crippen LogP contribution is -2.57. The first-order chi connectivity index (χ1) is 35.2. The molecule has 14 aromatic rings. The van der Waals surface area contributed by atoms with Gasteiger partial charge in [-0.3, -0.25) is 0 Å². The largest absolute Gasteiger partial charge is 0.376 e. The molecule has 71 heavy (non-hydrogen) atoms. The zero-order valence-electron chi connectivity index (χ0n) is 38.7. The summed E-state index contributed by atoms with van der Waals surface area (Å²) in [6.45, 7) is -0.0822. The molecule has 0 spiro atoms. The van der Waals surface area contributed by atoms with E-state index in [9.17, 15) is 0 Å². The zero-order valence-corrected chi connectivity index (χ0v) is 38.7. The molecular formula is C66H43BN4. The van der Waals surface area contributed by atoms with Crippen molar-refractivity contribution in [3.8, 4) is 39.3 Å². The average Bonchev–Trinajstić information content (AvgIpc) is 4.08. The van der Waals surface area contributed by atoms with Crippen LogP contribution < -0.4 is 15.7 Å². The number of aromatic nitrogens is 3. The van der Waals surface area contributed by atoms with Crippen molar-refractivity contribution in [2.45, 2.75) is 0 Å². The second kappa shape index (κ2) is 15.6. The van der Waals surface area contributed by atoms with Gasteiger partial charge in [0, 0.05) is 66.3 Å². The fourth-order valence-electron chi connectivity index (χ4n) is 12.1. The van der Waals surface area contributed by atoms with Crippen molar-refractivity contribution in [2.24, 2.45) is 0 Å². The summed E-state index contributed by atoms with van der Waals surface area (Å²) in [6.07, 6.45) is 0. The SMILES string of the molecule is c1ccc(B2c3ccccc3-c3ccccc3N2c2cc(-c3cccc(-n4c5ccccc5c5ccccc54)c3)cc(-n3c4ccccc4c4cc(-n5c6ccccc6c6ccccc65)ccc43)c2)cc1. The Bertz CT molecular complexity index is 4330. The Kier molecular flexibility index (Phi) is 8.72. The van der Waals surface area contributed by atoms with E-state index in [1.54, 1.807) is 0 Å². The summed E-state index contributed by atoms with van der Waals surface area (Å²) in [7, 11) is 0. The molecule has 0 unspecified atom stereocenters. The van der Waals surface area contributed by atoms with Crippen molar-refractivity contribution < 1.29 is 0 Å². The van der Waals surface area contributed by atoms with E-state index in [1.165, 1.54) is 82.1 Å². The van der Waals surface area contributed by atoms with Crippen LogP contribution in [0.15, 0.2) is 261 Å². The topological polar surface area (TPSA) is 18.0 Å². The van der Waals surface area contributed by atoms with Gasteiger partial charge in [-0.2, -0.15) is 0 Å². The molecule has 3 aromatic heterocycles. The highest BCUT2D eigenvalue weighted by molar-refractivity contribution is 6.90. The maximum Gasteiger partial charge on any atom is 0.328 e. The van der Waals surface area contributed by atoms with Gasteiger partial charge in [-0.25, -0.2) is 0 Å². The van der Waals surface area contributed by atoms with Gasteiger partial charge in [-0.1, -0.05) is 181 Å². The predicted octanol–water partition coefficient (Wildman–Crippen LogP) is 15.6. The monoisotopic (exact) mass is 902 g/mol. The minimum atomic E-state index is -0.0822. The molecule has 0 N–H and O–H groups in total. The van der Waals surface area contributed by atoms with Crippen molar-refractivity contribution in [3.05, 3.63) is 261 Å². The molecule has 1 aliphatic heterocycles. The fraction of sp³-hybridized carbons (Fsp3) is 0. The molecule has 0 atom stereocenters. The molecular weight excluding hydrogens is 860 g/mol. The minimum Gasteiger partial charge on any atom is -0.376 e. The maximum atomic E-state index is 2.59. The second-order valence-corrected chi connectivity index (χ2v) is 18.9. The van der Waals surface area contributed by atoms with Crippen LogP contribution in [0.1, 0.15) is 0 Å². The van der Waals surface area contributed by atoms with Gasteiger partial charge < -0.3 is 18.5 Å². The van der Waals surface area contributed by atoms with Gasteiger partial charge in [0.1, 0.15) is 0 Å². The molecule has 4 heterocycles. The van der Waals surface area contributed by atoms with Gasteiger partial charge >= 0.3 is 6.85 Å². The van der Waals surface area contributed by atoms with Crippen LogP contribution in [0.3, 0.4) is 0 Å². The van der Waals surface area contributed by atoms with E-state index in [1.807, 2.05) is 0 Å². The number of para-hydroxylation sites is 6. The fourth-order valence-corrected chi connectivity index (χ4v) is 12.1. The second-order valence-electron chi connectivity index (χ2n) is 18.9. The van der Waals surface area contributed by atoms with Crippen LogP contribution in [0.5, 0.6) is 0 Å². The first-order valence-electron chi connectivity index (χ1n) is 24.5. The third kappa shape index (κ3) is 6.00. The number of benzene rings is 11. The van der Waals surface area contributed by atoms with E-state index in [0.717, 1.165) is 44.9 Å². The quantitative estimate of drug-likeness (QED) is 0.152. The van der Waals surface area contributed by atoms with Crippen LogP contribution >= 0.6 is 0 Å². The third-order valence-corrected chi connectivity index (χ3v) is 15.0. The van der Waals surface area contributed by atoms with Crippen LogP contribution in [0.2, 0.25) is 0 Å². The van der Waals surface area contributed by atoms with Crippen LogP contribution in [-0.4, -0.2) is 20.5 Å². The van der Waals surface area contributed by atoms with E-state index < -0.39 is 0 Å². The summed E-state index contributed by atoms with van der Waals surface area (Å²) in [4.78, 5) is 2.59. The molecule has 0 saturated carbocycles. The smallest absolute Gasteiger partial charge is 0.328 e. The van der Waals surface area contributed by atoms with Crippen molar-refractivity contribution >= 4 is 94.6 Å². The van der Waals surface area contributed by atoms with E-state index in [-0.39, 0.29) is 6.85 Å². The predicted molar refractivity (Wildman–Crippen MR) is 300 cm³/mol. The summed E-state index contributed by atoms with van der Waals surface area (Å²) >= 11 is 0. The average molecular weight is 903 g/mol. The molecule has 0 amide bonds. The zero-order chi connectivity index (χ0) is 46.6. The number of hydrogen-bond donors (Lipinski definition) is 0. The van der Waals surface area contributed by atoms with Gasteiger partial charge in [-0.05, 0) is 107 Å². The van der Waals surface area contributed by atoms with Crippen LogP contribution in [0, 0.1) is 0 Å². The molecule has 5 heteroatoms. The summed E-state index contributed by atoms with van der Waals surface area (Å²) < 4.78 is 7.34. The normalized spacial score (nSPS) is 12.5. The highest BCUT2D eigenvalue weighted by atomic mass is 15.1. The molecule has 0 radical (unpaired) electrons. The summed E-state index contributed by atoms with van der Waals surface area (Å²) in [6, 6.07) is 96.3. The lowest BCUT2D eigenvalue weighted by atomic mass is 9.46. The molecule has 0 fully saturated rings. The molecule has 330 valence electrons. The Morgan fingerprint density at radius 3 is 1.32 bits per heavy atom. The van der Waals surface area contributed by atoms with Gasteiger partial charge in [0.25, 0.3) is 0 Å². The van der Waals surface area contributed by atoms with Gasteiger partial charge in [0.15, 0.2) is 0 Å².